The number of carbonyl (C=O) groups excluding carboxylic acids is 1. The Labute approximate surface area is 204 Å². The molecule has 1 aromatic carbocycles. The third-order valence-corrected chi connectivity index (χ3v) is 5.55. The van der Waals surface area contributed by atoms with Gasteiger partial charge in [-0.3, -0.25) is 4.79 Å². The smallest absolute Gasteiger partial charge is 0.246 e. The molecule has 0 bridgehead atoms. The van der Waals surface area contributed by atoms with E-state index >= 15 is 0 Å². The van der Waals surface area contributed by atoms with Crippen molar-refractivity contribution in [3.63, 3.8) is 0 Å². The average Bonchev–Trinajstić information content (AvgIpc) is 3.49. The van der Waals surface area contributed by atoms with Crippen LogP contribution in [0.2, 0.25) is 0 Å². The zero-order valence-corrected chi connectivity index (χ0v) is 20.3. The number of hydrogen-bond donors (Lipinski definition) is 2. The van der Waals surface area contributed by atoms with Crippen LogP contribution >= 0.6 is 0 Å². The summed E-state index contributed by atoms with van der Waals surface area (Å²) in [5, 5.41) is 3.44. The predicted octanol–water partition coefficient (Wildman–Crippen LogP) is 2.58. The molecule has 10 nitrogen and oxygen atoms in total. The number of amides is 1. The summed E-state index contributed by atoms with van der Waals surface area (Å²) in [5.74, 6) is 2.90. The van der Waals surface area contributed by atoms with Crippen LogP contribution in [0.25, 0.3) is 17.2 Å². The van der Waals surface area contributed by atoms with Gasteiger partial charge in [-0.25, -0.2) is 15.0 Å². The number of carbonyl (C=O) groups is 1. The molecule has 0 aliphatic carbocycles. The number of H-pyrrole nitrogens is 1. The number of benzene rings is 1. The van der Waals surface area contributed by atoms with Gasteiger partial charge in [0.15, 0.2) is 17.0 Å². The second-order valence-electron chi connectivity index (χ2n) is 8.51. The minimum absolute atomic E-state index is 0.0352. The predicted molar refractivity (Wildman–Crippen MR) is 136 cm³/mol. The Bertz CT molecular complexity index is 1190. The number of likely N-dealkylation sites (N-methyl/N-ethyl adjacent to an activating group) is 1. The van der Waals surface area contributed by atoms with Crippen LogP contribution in [0.4, 0.5) is 5.82 Å². The summed E-state index contributed by atoms with van der Waals surface area (Å²) < 4.78 is 10.9. The summed E-state index contributed by atoms with van der Waals surface area (Å²) in [6.07, 6.45) is 9.62. The molecule has 2 aromatic heterocycles. The number of nitrogens with zero attached hydrogens (tertiary/aromatic N) is 5. The largest absolute Gasteiger partial charge is 0.497 e. The lowest BCUT2D eigenvalue weighted by Crippen LogP contribution is -2.30. The van der Waals surface area contributed by atoms with E-state index in [0.29, 0.717) is 42.5 Å². The molecule has 1 saturated heterocycles. The first-order valence-electron chi connectivity index (χ1n) is 11.5. The van der Waals surface area contributed by atoms with Crippen molar-refractivity contribution in [3.8, 4) is 11.5 Å². The van der Waals surface area contributed by atoms with Crippen molar-refractivity contribution in [3.05, 3.63) is 54.6 Å². The summed E-state index contributed by atoms with van der Waals surface area (Å²) in [5.41, 5.74) is 1.31. The number of rotatable bonds is 10. The third-order valence-electron chi connectivity index (χ3n) is 5.55. The molecule has 3 heterocycles. The van der Waals surface area contributed by atoms with Gasteiger partial charge in [-0.15, -0.1) is 0 Å². The van der Waals surface area contributed by atoms with Crippen molar-refractivity contribution >= 4 is 29.0 Å². The molecular formula is C25H31N7O3. The number of ether oxygens (including phenoxy) is 2. The monoisotopic (exact) mass is 477 g/mol. The van der Waals surface area contributed by atoms with Crippen LogP contribution < -0.4 is 14.8 Å². The van der Waals surface area contributed by atoms with Crippen LogP contribution in [0.3, 0.4) is 0 Å². The van der Waals surface area contributed by atoms with Crippen LogP contribution in [0.15, 0.2) is 48.8 Å². The van der Waals surface area contributed by atoms with Gasteiger partial charge in [0.2, 0.25) is 5.91 Å². The van der Waals surface area contributed by atoms with E-state index in [1.54, 1.807) is 13.2 Å². The van der Waals surface area contributed by atoms with E-state index in [1.165, 1.54) is 6.33 Å². The van der Waals surface area contributed by atoms with Gasteiger partial charge in [-0.05, 0) is 56.9 Å². The van der Waals surface area contributed by atoms with Gasteiger partial charge in [0, 0.05) is 31.8 Å². The molecule has 1 atom stereocenters. The first kappa shape index (κ1) is 24.2. The number of anilines is 1. The minimum atomic E-state index is 0.0352. The zero-order valence-electron chi connectivity index (χ0n) is 20.3. The van der Waals surface area contributed by atoms with E-state index in [2.05, 4.69) is 25.3 Å². The van der Waals surface area contributed by atoms with E-state index in [9.17, 15) is 4.79 Å². The summed E-state index contributed by atoms with van der Waals surface area (Å²) in [4.78, 5) is 32.8. The van der Waals surface area contributed by atoms with Crippen molar-refractivity contribution in [2.45, 2.75) is 12.5 Å². The molecule has 35 heavy (non-hydrogen) atoms. The Morgan fingerprint density at radius 3 is 2.80 bits per heavy atom. The second kappa shape index (κ2) is 11.5. The minimum Gasteiger partial charge on any atom is -0.497 e. The SMILES string of the molecule is COc1ccc(OC/C=C/c2nc3c(NC4CCN(C(=O)/C=C/CN(C)C)C4)ncnc3[nH]2)cc1. The third kappa shape index (κ3) is 6.57. The number of imidazole rings is 1. The van der Waals surface area contributed by atoms with Crippen molar-refractivity contribution < 1.29 is 14.3 Å². The Morgan fingerprint density at radius 1 is 1.23 bits per heavy atom. The highest BCUT2D eigenvalue weighted by Crippen LogP contribution is 2.21. The molecule has 10 heteroatoms. The van der Waals surface area contributed by atoms with E-state index < -0.39 is 0 Å². The van der Waals surface area contributed by atoms with Gasteiger partial charge >= 0.3 is 0 Å². The van der Waals surface area contributed by atoms with Crippen molar-refractivity contribution in [2.24, 2.45) is 0 Å². The summed E-state index contributed by atoms with van der Waals surface area (Å²) >= 11 is 0. The second-order valence-corrected chi connectivity index (χ2v) is 8.51. The summed E-state index contributed by atoms with van der Waals surface area (Å²) in [6, 6.07) is 7.53. The maximum Gasteiger partial charge on any atom is 0.246 e. The molecule has 0 radical (unpaired) electrons. The Balaban J connectivity index is 1.33. The van der Waals surface area contributed by atoms with E-state index in [-0.39, 0.29) is 11.9 Å². The molecule has 1 amide bonds. The van der Waals surface area contributed by atoms with Crippen LogP contribution in [0.5, 0.6) is 11.5 Å². The lowest BCUT2D eigenvalue weighted by Gasteiger charge is -2.16. The molecule has 1 unspecified atom stereocenters. The topological polar surface area (TPSA) is 108 Å². The first-order valence-corrected chi connectivity index (χ1v) is 11.5. The maximum absolute atomic E-state index is 12.4. The van der Waals surface area contributed by atoms with Gasteiger partial charge in [0.05, 0.1) is 7.11 Å². The molecule has 4 rings (SSSR count). The van der Waals surface area contributed by atoms with Gasteiger partial charge in [-0.2, -0.15) is 0 Å². The Hall–Kier alpha value is -3.92. The van der Waals surface area contributed by atoms with Gasteiger partial charge in [0.25, 0.3) is 0 Å². The number of aromatic amines is 1. The van der Waals surface area contributed by atoms with Gasteiger partial charge < -0.3 is 29.6 Å². The average molecular weight is 478 g/mol. The molecule has 2 N–H and O–H groups in total. The number of fused-ring (bicyclic) bond motifs is 1. The molecule has 0 spiro atoms. The number of likely N-dealkylation sites (tertiary alicyclic amines) is 1. The molecule has 1 aliphatic heterocycles. The first-order chi connectivity index (χ1) is 17.0. The Kier molecular flexibility index (Phi) is 7.94. The van der Waals surface area contributed by atoms with Crippen LogP contribution in [-0.2, 0) is 4.79 Å². The van der Waals surface area contributed by atoms with Crippen molar-refractivity contribution in [1.29, 1.82) is 0 Å². The van der Waals surface area contributed by atoms with Crippen LogP contribution in [0, 0.1) is 0 Å². The Morgan fingerprint density at radius 2 is 2.03 bits per heavy atom. The van der Waals surface area contributed by atoms with Crippen LogP contribution in [-0.4, -0.2) is 89.1 Å². The molecule has 0 saturated carbocycles. The molecule has 184 valence electrons. The van der Waals surface area contributed by atoms with Crippen LogP contribution in [0.1, 0.15) is 12.2 Å². The normalized spacial score (nSPS) is 16.1. The van der Waals surface area contributed by atoms with Crippen molar-refractivity contribution in [2.75, 3.05) is 52.8 Å². The molecule has 3 aromatic rings. The number of hydrogen-bond acceptors (Lipinski definition) is 8. The summed E-state index contributed by atoms with van der Waals surface area (Å²) in [7, 11) is 5.58. The highest BCUT2D eigenvalue weighted by molar-refractivity contribution is 5.88. The molecule has 1 aliphatic rings. The zero-order chi connectivity index (χ0) is 24.6. The van der Waals surface area contributed by atoms with Gasteiger partial charge in [0.1, 0.15) is 30.3 Å². The lowest BCUT2D eigenvalue weighted by molar-refractivity contribution is -0.125. The fourth-order valence-corrected chi connectivity index (χ4v) is 3.75. The highest BCUT2D eigenvalue weighted by atomic mass is 16.5. The summed E-state index contributed by atoms with van der Waals surface area (Å²) in [6.45, 7) is 2.47. The maximum atomic E-state index is 12.4. The van der Waals surface area contributed by atoms with Crippen molar-refractivity contribution in [1.82, 2.24) is 29.7 Å². The fourth-order valence-electron chi connectivity index (χ4n) is 3.75. The quantitative estimate of drug-likeness (QED) is 0.429. The number of nitrogens with one attached hydrogen (secondary N) is 2. The lowest BCUT2D eigenvalue weighted by atomic mass is 10.2. The highest BCUT2D eigenvalue weighted by Gasteiger charge is 2.26. The standard InChI is InChI=1S/C25H31N7O3/c1-31(2)13-4-7-22(33)32-14-12-18(16-32)28-24-23-25(27-17-26-24)30-21(29-23)6-5-15-35-20-10-8-19(34-3)9-11-20/h4-11,17-18H,12-16H2,1-3H3,(H2,26,27,28,29,30)/b6-5+,7-4+. The molecule has 1 fully saturated rings. The number of methoxy groups -OCH3 is 1. The van der Waals surface area contributed by atoms with E-state index in [0.717, 1.165) is 24.5 Å². The fraction of sp³-hybridized carbons (Fsp3) is 0.360. The van der Waals surface area contributed by atoms with E-state index in [4.69, 9.17) is 9.47 Å². The molecular weight excluding hydrogens is 446 g/mol. The van der Waals surface area contributed by atoms with E-state index in [1.807, 2.05) is 66.4 Å². The number of aromatic nitrogens is 4. The van der Waals surface area contributed by atoms with Gasteiger partial charge in [-0.1, -0.05) is 6.08 Å².